The van der Waals surface area contributed by atoms with Gasteiger partial charge in [0.25, 0.3) is 5.91 Å². The van der Waals surface area contributed by atoms with Gasteiger partial charge in [-0.2, -0.15) is 4.98 Å². The number of hydrogen-bond donors (Lipinski definition) is 0. The highest BCUT2D eigenvalue weighted by Gasteiger charge is 2.30. The summed E-state index contributed by atoms with van der Waals surface area (Å²) in [5.41, 5.74) is 3.93. The van der Waals surface area contributed by atoms with E-state index in [2.05, 4.69) is 65.9 Å². The van der Waals surface area contributed by atoms with Crippen LogP contribution in [-0.2, 0) is 13.0 Å². The van der Waals surface area contributed by atoms with Crippen LogP contribution in [0.3, 0.4) is 0 Å². The highest BCUT2D eigenvalue weighted by atomic mass is 16.5. The predicted molar refractivity (Wildman–Crippen MR) is 148 cm³/mol. The third kappa shape index (κ3) is 5.05. The third-order valence-electron chi connectivity index (χ3n) is 7.44. The Morgan fingerprint density at radius 2 is 1.59 bits per heavy atom. The normalized spacial score (nSPS) is 15.5. The molecule has 2 aromatic carbocycles. The van der Waals surface area contributed by atoms with E-state index in [1.165, 1.54) is 5.69 Å². The fourth-order valence-electron chi connectivity index (χ4n) is 5.03. The fraction of sp³-hybridized carbons (Fsp3) is 0.414. The molecule has 1 saturated heterocycles. The van der Waals surface area contributed by atoms with Crippen LogP contribution in [0.4, 0.5) is 17.5 Å². The van der Waals surface area contributed by atoms with E-state index in [9.17, 15) is 4.79 Å². The minimum absolute atomic E-state index is 0.0256. The van der Waals surface area contributed by atoms with Crippen molar-refractivity contribution in [2.45, 2.75) is 32.9 Å². The number of piperazine rings is 1. The molecule has 3 heterocycles. The Morgan fingerprint density at radius 1 is 0.919 bits per heavy atom. The summed E-state index contributed by atoms with van der Waals surface area (Å²) in [4.78, 5) is 32.4. The second-order valence-corrected chi connectivity index (χ2v) is 9.96. The van der Waals surface area contributed by atoms with Gasteiger partial charge >= 0.3 is 0 Å². The molecule has 194 valence electrons. The molecule has 2 aliphatic rings. The van der Waals surface area contributed by atoms with Gasteiger partial charge in [-0.1, -0.05) is 30.3 Å². The molecule has 1 aromatic heterocycles. The summed E-state index contributed by atoms with van der Waals surface area (Å²) in [5.74, 6) is 2.28. The molecular formula is C29H36N6O2. The lowest BCUT2D eigenvalue weighted by molar-refractivity contribution is 0.0730. The molecule has 0 N–H and O–H groups in total. The minimum atomic E-state index is -0.0256. The average Bonchev–Trinajstić information content (AvgIpc) is 2.96. The lowest BCUT2D eigenvalue weighted by Gasteiger charge is -2.38. The fourth-order valence-corrected chi connectivity index (χ4v) is 5.03. The second kappa shape index (κ2) is 10.7. The number of fused-ring (bicyclic) bond motifs is 1. The lowest BCUT2D eigenvalue weighted by Crippen LogP contribution is -2.47. The molecule has 0 atom stereocenters. The molecule has 0 bridgehead atoms. The van der Waals surface area contributed by atoms with Gasteiger partial charge in [-0.15, -0.1) is 0 Å². The summed E-state index contributed by atoms with van der Waals surface area (Å²) < 4.78 is 5.45. The number of methoxy groups -OCH3 is 1. The van der Waals surface area contributed by atoms with Crippen molar-refractivity contribution in [3.8, 4) is 5.75 Å². The van der Waals surface area contributed by atoms with Crippen LogP contribution in [-0.4, -0.2) is 73.7 Å². The van der Waals surface area contributed by atoms with Crippen molar-refractivity contribution in [1.29, 1.82) is 0 Å². The summed E-state index contributed by atoms with van der Waals surface area (Å²) in [6.07, 6.45) is 0.703. The number of benzene rings is 2. The minimum Gasteiger partial charge on any atom is -0.496 e. The van der Waals surface area contributed by atoms with Crippen molar-refractivity contribution in [1.82, 2.24) is 14.9 Å². The number of carbonyl (C=O) groups excluding carboxylic acids is 1. The van der Waals surface area contributed by atoms with E-state index in [1.807, 2.05) is 29.2 Å². The number of rotatable bonds is 6. The zero-order chi connectivity index (χ0) is 25.9. The molecular weight excluding hydrogens is 464 g/mol. The van der Waals surface area contributed by atoms with Crippen molar-refractivity contribution < 1.29 is 9.53 Å². The first-order chi connectivity index (χ1) is 18.0. The first kappa shape index (κ1) is 24.9. The van der Waals surface area contributed by atoms with E-state index in [1.54, 1.807) is 7.11 Å². The van der Waals surface area contributed by atoms with Gasteiger partial charge < -0.3 is 24.3 Å². The zero-order valence-electron chi connectivity index (χ0n) is 22.2. The molecule has 0 aliphatic carbocycles. The summed E-state index contributed by atoms with van der Waals surface area (Å²) in [7, 11) is 3.67. The number of amides is 1. The number of ether oxygens (including phenoxy) is 1. The Kier molecular flexibility index (Phi) is 7.17. The maximum absolute atomic E-state index is 13.4. The lowest BCUT2D eigenvalue weighted by atomic mass is 10.0. The standard InChI is InChI=1S/C29H36N6O2/c1-21(2)32(3)27-24-20-35(28(36)23-12-8-9-13-26(23)37-4)15-14-25(24)30-29(31-27)34-18-16-33(17-19-34)22-10-6-5-7-11-22/h5-13,21H,14-20H2,1-4H3. The van der Waals surface area contributed by atoms with Gasteiger partial charge in [0.15, 0.2) is 0 Å². The quantitative estimate of drug-likeness (QED) is 0.509. The molecule has 8 nitrogen and oxygen atoms in total. The number of carbonyl (C=O) groups is 1. The van der Waals surface area contributed by atoms with E-state index in [4.69, 9.17) is 14.7 Å². The summed E-state index contributed by atoms with van der Waals surface area (Å²) in [6, 6.07) is 18.2. The Morgan fingerprint density at radius 3 is 2.30 bits per heavy atom. The van der Waals surface area contributed by atoms with E-state index in [-0.39, 0.29) is 11.9 Å². The molecule has 37 heavy (non-hydrogen) atoms. The van der Waals surface area contributed by atoms with Gasteiger partial charge in [-0.05, 0) is 38.1 Å². The van der Waals surface area contributed by atoms with Gasteiger partial charge in [0.1, 0.15) is 11.6 Å². The van der Waals surface area contributed by atoms with Gasteiger partial charge in [0, 0.05) is 63.5 Å². The SMILES string of the molecule is COc1ccccc1C(=O)N1CCc2nc(N3CCN(c4ccccc4)CC3)nc(N(C)C(C)C)c2C1. The molecule has 5 rings (SSSR count). The largest absolute Gasteiger partial charge is 0.496 e. The first-order valence-electron chi connectivity index (χ1n) is 13.1. The topological polar surface area (TPSA) is 65.0 Å². The molecule has 0 radical (unpaired) electrons. The molecule has 1 fully saturated rings. The number of aromatic nitrogens is 2. The summed E-state index contributed by atoms with van der Waals surface area (Å²) in [6.45, 7) is 9.03. The van der Waals surface area contributed by atoms with Crippen molar-refractivity contribution in [3.63, 3.8) is 0 Å². The average molecular weight is 501 g/mol. The second-order valence-electron chi connectivity index (χ2n) is 9.96. The molecule has 3 aromatic rings. The number of para-hydroxylation sites is 2. The van der Waals surface area contributed by atoms with Crippen LogP contribution in [0.5, 0.6) is 5.75 Å². The number of hydrogen-bond acceptors (Lipinski definition) is 7. The van der Waals surface area contributed by atoms with E-state index < -0.39 is 0 Å². The zero-order valence-corrected chi connectivity index (χ0v) is 22.2. The molecule has 1 amide bonds. The smallest absolute Gasteiger partial charge is 0.257 e. The van der Waals surface area contributed by atoms with Crippen molar-refractivity contribution in [2.75, 3.05) is 61.6 Å². The van der Waals surface area contributed by atoms with Crippen LogP contribution in [0.2, 0.25) is 0 Å². The van der Waals surface area contributed by atoms with Gasteiger partial charge in [-0.25, -0.2) is 4.98 Å². The third-order valence-corrected chi connectivity index (χ3v) is 7.44. The Bertz CT molecular complexity index is 1240. The van der Waals surface area contributed by atoms with Crippen LogP contribution in [0, 0.1) is 0 Å². The molecule has 2 aliphatic heterocycles. The molecule has 8 heteroatoms. The van der Waals surface area contributed by atoms with Crippen LogP contribution in [0.1, 0.15) is 35.5 Å². The summed E-state index contributed by atoms with van der Waals surface area (Å²) in [5, 5.41) is 0. The van der Waals surface area contributed by atoms with Crippen LogP contribution >= 0.6 is 0 Å². The maximum atomic E-state index is 13.4. The predicted octanol–water partition coefficient (Wildman–Crippen LogP) is 3.85. The van der Waals surface area contributed by atoms with E-state index in [0.29, 0.717) is 30.8 Å². The highest BCUT2D eigenvalue weighted by Crippen LogP contribution is 2.31. The first-order valence-corrected chi connectivity index (χ1v) is 13.1. The highest BCUT2D eigenvalue weighted by molar-refractivity contribution is 5.97. The van der Waals surface area contributed by atoms with Crippen molar-refractivity contribution >= 4 is 23.4 Å². The summed E-state index contributed by atoms with van der Waals surface area (Å²) >= 11 is 0. The molecule has 0 spiro atoms. The Labute approximate surface area is 219 Å². The van der Waals surface area contributed by atoms with Crippen LogP contribution in [0.15, 0.2) is 54.6 Å². The Balaban J connectivity index is 1.40. The van der Waals surface area contributed by atoms with Gasteiger partial charge in [0.2, 0.25) is 5.95 Å². The maximum Gasteiger partial charge on any atom is 0.257 e. The van der Waals surface area contributed by atoms with Crippen LogP contribution in [0.25, 0.3) is 0 Å². The van der Waals surface area contributed by atoms with Gasteiger partial charge in [-0.3, -0.25) is 4.79 Å². The monoisotopic (exact) mass is 500 g/mol. The van der Waals surface area contributed by atoms with Crippen LogP contribution < -0.4 is 19.4 Å². The molecule has 0 saturated carbocycles. The van der Waals surface area contributed by atoms with Gasteiger partial charge in [0.05, 0.1) is 24.9 Å². The number of nitrogens with zero attached hydrogens (tertiary/aromatic N) is 6. The van der Waals surface area contributed by atoms with E-state index >= 15 is 0 Å². The molecule has 0 unspecified atom stereocenters. The number of anilines is 3. The Hall–Kier alpha value is -3.81. The van der Waals surface area contributed by atoms with Crippen molar-refractivity contribution in [2.24, 2.45) is 0 Å². The van der Waals surface area contributed by atoms with E-state index in [0.717, 1.165) is 49.2 Å². The van der Waals surface area contributed by atoms with Crippen molar-refractivity contribution in [3.05, 3.63) is 71.4 Å².